The second-order valence-electron chi connectivity index (χ2n) is 4.92. The molecular weight excluding hydrogens is 354 g/mol. The van der Waals surface area contributed by atoms with Gasteiger partial charge in [-0.2, -0.15) is 4.99 Å². The number of halogens is 3. The number of fused-ring (bicyclic) bond motifs is 1. The van der Waals surface area contributed by atoms with E-state index in [1.165, 1.54) is 10.6 Å². The molecule has 122 valence electrons. The van der Waals surface area contributed by atoms with Crippen LogP contribution in [0, 0.1) is 11.6 Å². The van der Waals surface area contributed by atoms with Crippen molar-refractivity contribution in [3.05, 3.63) is 76.1 Å². The minimum atomic E-state index is -0.713. The van der Waals surface area contributed by atoms with Crippen molar-refractivity contribution in [2.45, 2.75) is 6.54 Å². The highest BCUT2D eigenvalue weighted by molar-refractivity contribution is 7.16. The predicted octanol–water partition coefficient (Wildman–Crippen LogP) is 4.56. The molecule has 0 radical (unpaired) electrons. The molecule has 0 bridgehead atoms. The van der Waals surface area contributed by atoms with Gasteiger partial charge in [-0.05, 0) is 18.2 Å². The summed E-state index contributed by atoms with van der Waals surface area (Å²) >= 11 is 7.03. The molecule has 3 nitrogen and oxygen atoms in total. The Bertz CT molecular complexity index is 1020. The number of rotatable bonds is 3. The van der Waals surface area contributed by atoms with Crippen LogP contribution in [-0.2, 0) is 6.54 Å². The zero-order valence-corrected chi connectivity index (χ0v) is 13.9. The van der Waals surface area contributed by atoms with Crippen molar-refractivity contribution in [1.29, 1.82) is 0 Å². The van der Waals surface area contributed by atoms with Crippen LogP contribution >= 0.6 is 22.9 Å². The number of thiazole rings is 1. The smallest absolute Gasteiger partial charge is 0.281 e. The summed E-state index contributed by atoms with van der Waals surface area (Å²) in [5.74, 6) is -1.95. The van der Waals surface area contributed by atoms with Crippen molar-refractivity contribution in [1.82, 2.24) is 4.57 Å². The van der Waals surface area contributed by atoms with Crippen LogP contribution in [-0.4, -0.2) is 10.5 Å². The lowest BCUT2D eigenvalue weighted by Crippen LogP contribution is -2.17. The first-order valence-corrected chi connectivity index (χ1v) is 8.13. The van der Waals surface area contributed by atoms with Crippen LogP contribution in [0.15, 0.2) is 54.0 Å². The van der Waals surface area contributed by atoms with E-state index in [1.807, 2.05) is 0 Å². The minimum absolute atomic E-state index is 0.187. The van der Waals surface area contributed by atoms with Gasteiger partial charge in [-0.25, -0.2) is 8.78 Å². The van der Waals surface area contributed by atoms with Gasteiger partial charge in [-0.15, -0.1) is 6.58 Å². The average Bonchev–Trinajstić information content (AvgIpc) is 2.85. The van der Waals surface area contributed by atoms with E-state index in [0.29, 0.717) is 4.70 Å². The van der Waals surface area contributed by atoms with Gasteiger partial charge < -0.3 is 4.57 Å². The van der Waals surface area contributed by atoms with Crippen molar-refractivity contribution in [3.63, 3.8) is 0 Å². The summed E-state index contributed by atoms with van der Waals surface area (Å²) in [5.41, 5.74) is 0.431. The highest BCUT2D eigenvalue weighted by atomic mass is 35.5. The third kappa shape index (κ3) is 3.02. The van der Waals surface area contributed by atoms with Crippen molar-refractivity contribution in [2.24, 2.45) is 4.99 Å². The number of carbonyl (C=O) groups is 1. The van der Waals surface area contributed by atoms with Gasteiger partial charge >= 0.3 is 0 Å². The van der Waals surface area contributed by atoms with Crippen LogP contribution in [0.1, 0.15) is 10.4 Å². The van der Waals surface area contributed by atoms with Crippen LogP contribution in [0.25, 0.3) is 10.2 Å². The van der Waals surface area contributed by atoms with Crippen LogP contribution in [0.3, 0.4) is 0 Å². The lowest BCUT2D eigenvalue weighted by molar-refractivity contribution is 0.0998. The first-order chi connectivity index (χ1) is 11.5. The maximum Gasteiger partial charge on any atom is 0.281 e. The maximum atomic E-state index is 14.1. The second kappa shape index (κ2) is 6.67. The van der Waals surface area contributed by atoms with Crippen LogP contribution in [0.4, 0.5) is 8.78 Å². The molecule has 1 amide bonds. The van der Waals surface area contributed by atoms with Gasteiger partial charge in [-0.1, -0.05) is 41.1 Å². The van der Waals surface area contributed by atoms with Crippen molar-refractivity contribution < 1.29 is 13.6 Å². The van der Waals surface area contributed by atoms with Crippen LogP contribution in [0.5, 0.6) is 0 Å². The summed E-state index contributed by atoms with van der Waals surface area (Å²) < 4.78 is 29.4. The van der Waals surface area contributed by atoms with E-state index in [9.17, 15) is 13.6 Å². The Balaban J connectivity index is 2.23. The molecule has 0 spiro atoms. The van der Waals surface area contributed by atoms with E-state index < -0.39 is 17.5 Å². The van der Waals surface area contributed by atoms with Crippen LogP contribution < -0.4 is 4.80 Å². The van der Waals surface area contributed by atoms with Gasteiger partial charge in [0, 0.05) is 12.6 Å². The number of allylic oxidation sites excluding steroid dienone is 1. The molecule has 0 saturated heterocycles. The molecule has 1 aromatic heterocycles. The molecule has 0 atom stereocenters. The molecule has 0 aliphatic heterocycles. The molecule has 7 heteroatoms. The monoisotopic (exact) mass is 364 g/mol. The molecule has 0 unspecified atom stereocenters. The Kier molecular flexibility index (Phi) is 4.59. The molecule has 24 heavy (non-hydrogen) atoms. The van der Waals surface area contributed by atoms with Gasteiger partial charge in [0.1, 0.15) is 5.82 Å². The fourth-order valence-corrected chi connectivity index (χ4v) is 3.59. The Labute approximate surface area is 145 Å². The largest absolute Gasteiger partial charge is 0.310 e. The van der Waals surface area contributed by atoms with Crippen molar-refractivity contribution in [3.8, 4) is 0 Å². The first-order valence-electron chi connectivity index (χ1n) is 6.94. The third-order valence-corrected chi connectivity index (χ3v) is 4.66. The Morgan fingerprint density at radius 1 is 1.33 bits per heavy atom. The number of nitrogens with zero attached hydrogens (tertiary/aromatic N) is 2. The standard InChI is InChI=1S/C17H11ClF2N2OS/c1-2-7-22-15-13(20)8-10(19)9-14(15)24-17(22)21-16(23)11-5-3-4-6-12(11)18/h2-6,8-9H,1,7H2. The number of amides is 1. The lowest BCUT2D eigenvalue weighted by atomic mass is 10.2. The van der Waals surface area contributed by atoms with E-state index in [2.05, 4.69) is 11.6 Å². The van der Waals surface area contributed by atoms with Gasteiger partial charge in [-0.3, -0.25) is 4.79 Å². The fourth-order valence-electron chi connectivity index (χ4n) is 2.29. The minimum Gasteiger partial charge on any atom is -0.310 e. The van der Waals surface area contributed by atoms with E-state index in [-0.39, 0.29) is 27.4 Å². The summed E-state index contributed by atoms with van der Waals surface area (Å²) in [6.07, 6.45) is 1.55. The normalized spacial score (nSPS) is 11.9. The van der Waals surface area contributed by atoms with Gasteiger partial charge in [0.2, 0.25) is 0 Å². The molecule has 0 fully saturated rings. The van der Waals surface area contributed by atoms with Crippen molar-refractivity contribution >= 4 is 39.1 Å². The Morgan fingerprint density at radius 2 is 2.08 bits per heavy atom. The van der Waals surface area contributed by atoms with Gasteiger partial charge in [0.25, 0.3) is 5.91 Å². The molecule has 0 saturated carbocycles. The summed E-state index contributed by atoms with van der Waals surface area (Å²) in [4.78, 5) is 16.7. The zero-order chi connectivity index (χ0) is 17.3. The summed E-state index contributed by atoms with van der Waals surface area (Å²) in [7, 11) is 0. The van der Waals surface area contributed by atoms with Crippen molar-refractivity contribution in [2.75, 3.05) is 0 Å². The molecule has 2 aromatic carbocycles. The maximum absolute atomic E-state index is 14.1. The van der Waals surface area contributed by atoms with Gasteiger partial charge in [0.05, 0.1) is 20.8 Å². The molecule has 3 aromatic rings. The molecule has 0 aliphatic carbocycles. The average molecular weight is 365 g/mol. The number of aromatic nitrogens is 1. The first kappa shape index (κ1) is 16.5. The highest BCUT2D eigenvalue weighted by Crippen LogP contribution is 2.23. The summed E-state index contributed by atoms with van der Waals surface area (Å²) in [6, 6.07) is 8.53. The molecular formula is C17H11ClF2N2OS. The number of hydrogen-bond acceptors (Lipinski definition) is 2. The molecule has 3 rings (SSSR count). The lowest BCUT2D eigenvalue weighted by Gasteiger charge is -2.02. The second-order valence-corrected chi connectivity index (χ2v) is 6.33. The van der Waals surface area contributed by atoms with E-state index in [4.69, 9.17) is 11.6 Å². The molecule has 0 N–H and O–H groups in total. The quantitative estimate of drug-likeness (QED) is 0.627. The van der Waals surface area contributed by atoms with Gasteiger partial charge in [0.15, 0.2) is 10.6 Å². The summed E-state index contributed by atoms with van der Waals surface area (Å²) in [5, 5.41) is 0.278. The number of benzene rings is 2. The van der Waals surface area contributed by atoms with E-state index >= 15 is 0 Å². The highest BCUT2D eigenvalue weighted by Gasteiger charge is 2.14. The summed E-state index contributed by atoms with van der Waals surface area (Å²) in [6.45, 7) is 3.86. The SMILES string of the molecule is C=CCn1c(=NC(=O)c2ccccc2Cl)sc2cc(F)cc(F)c21. The number of carbonyl (C=O) groups excluding carboxylic acids is 1. The Hall–Kier alpha value is -2.31. The number of hydrogen-bond donors (Lipinski definition) is 0. The van der Waals surface area contributed by atoms with E-state index in [1.54, 1.807) is 30.3 Å². The predicted molar refractivity (Wildman–Crippen MR) is 91.3 cm³/mol. The Morgan fingerprint density at radius 3 is 2.79 bits per heavy atom. The third-order valence-electron chi connectivity index (χ3n) is 3.31. The fraction of sp³-hybridized carbons (Fsp3) is 0.0588. The zero-order valence-electron chi connectivity index (χ0n) is 12.3. The van der Waals surface area contributed by atoms with Crippen LogP contribution in [0.2, 0.25) is 5.02 Å². The van der Waals surface area contributed by atoms with E-state index in [0.717, 1.165) is 17.4 Å². The topological polar surface area (TPSA) is 34.4 Å². The molecule has 1 heterocycles. The molecule has 0 aliphatic rings.